The monoisotopic (exact) mass is 289 g/mol. The highest BCUT2D eigenvalue weighted by molar-refractivity contribution is 7.12. The molecule has 0 spiro atoms. The third kappa shape index (κ3) is 3.18. The summed E-state index contributed by atoms with van der Waals surface area (Å²) in [6.45, 7) is 5.77. The second-order valence-corrected chi connectivity index (χ2v) is 5.52. The van der Waals surface area contributed by atoms with Gasteiger partial charge < -0.3 is 4.90 Å². The zero-order chi connectivity index (χ0) is 14.5. The number of aryl methyl sites for hydroxylation is 1. The van der Waals surface area contributed by atoms with Gasteiger partial charge in [0.15, 0.2) is 0 Å². The van der Waals surface area contributed by atoms with Crippen molar-refractivity contribution in [3.63, 3.8) is 0 Å². The van der Waals surface area contributed by atoms with Crippen LogP contribution in [0.5, 0.6) is 0 Å². The number of nitrogen functional groups attached to an aromatic ring is 1. The first-order chi connectivity index (χ1) is 9.65. The van der Waals surface area contributed by atoms with Crippen molar-refractivity contribution in [3.8, 4) is 0 Å². The van der Waals surface area contributed by atoms with Gasteiger partial charge in [0.1, 0.15) is 0 Å². The molecule has 0 saturated heterocycles. The number of thiophene rings is 1. The maximum Gasteiger partial charge on any atom is 0.275 e. The number of anilines is 1. The Balaban J connectivity index is 2.23. The summed E-state index contributed by atoms with van der Waals surface area (Å²) in [7, 11) is 0. The first-order valence-electron chi connectivity index (χ1n) is 6.54. The molecule has 1 aromatic carbocycles. The van der Waals surface area contributed by atoms with Crippen LogP contribution in [0.1, 0.15) is 27.7 Å². The van der Waals surface area contributed by atoms with Gasteiger partial charge in [-0.05, 0) is 48.6 Å². The minimum atomic E-state index is -0.227. The van der Waals surface area contributed by atoms with Crippen molar-refractivity contribution < 1.29 is 4.79 Å². The molecule has 0 atom stereocenters. The van der Waals surface area contributed by atoms with E-state index < -0.39 is 0 Å². The molecule has 2 rings (SSSR count). The van der Waals surface area contributed by atoms with Crippen LogP contribution in [-0.4, -0.2) is 12.5 Å². The molecule has 0 fully saturated rings. The van der Waals surface area contributed by atoms with Gasteiger partial charge in [0, 0.05) is 18.8 Å². The Morgan fingerprint density at radius 2 is 2.20 bits per heavy atom. The summed E-state index contributed by atoms with van der Waals surface area (Å²) in [6, 6.07) is 10.3. The molecule has 2 aromatic rings. The van der Waals surface area contributed by atoms with Gasteiger partial charge in [0.2, 0.25) is 0 Å². The van der Waals surface area contributed by atoms with Gasteiger partial charge in [-0.25, -0.2) is 5.84 Å². The van der Waals surface area contributed by atoms with E-state index in [1.807, 2.05) is 11.4 Å². The second-order valence-electron chi connectivity index (χ2n) is 4.60. The van der Waals surface area contributed by atoms with Crippen molar-refractivity contribution in [1.29, 1.82) is 0 Å². The second kappa shape index (κ2) is 6.54. The molecule has 0 radical (unpaired) electrons. The maximum absolute atomic E-state index is 11.7. The highest BCUT2D eigenvalue weighted by Crippen LogP contribution is 2.23. The van der Waals surface area contributed by atoms with E-state index in [1.54, 1.807) is 0 Å². The van der Waals surface area contributed by atoms with Crippen LogP contribution in [0.4, 0.5) is 5.69 Å². The SMILES string of the molecule is CCN(Cc1ccsc1C(=O)NN)c1cccc(C)c1. The molecule has 4 nitrogen and oxygen atoms in total. The summed E-state index contributed by atoms with van der Waals surface area (Å²) in [6.07, 6.45) is 0. The van der Waals surface area contributed by atoms with Crippen molar-refractivity contribution in [1.82, 2.24) is 5.43 Å². The van der Waals surface area contributed by atoms with E-state index in [9.17, 15) is 4.79 Å². The average molecular weight is 289 g/mol. The molecular weight excluding hydrogens is 270 g/mol. The first kappa shape index (κ1) is 14.6. The summed E-state index contributed by atoms with van der Waals surface area (Å²) in [5.41, 5.74) is 5.59. The van der Waals surface area contributed by atoms with Crippen LogP contribution in [0.15, 0.2) is 35.7 Å². The maximum atomic E-state index is 11.7. The Kier molecular flexibility index (Phi) is 4.76. The lowest BCUT2D eigenvalue weighted by atomic mass is 10.1. The lowest BCUT2D eigenvalue weighted by Crippen LogP contribution is -2.31. The third-order valence-corrected chi connectivity index (χ3v) is 4.15. The fourth-order valence-electron chi connectivity index (χ4n) is 2.14. The summed E-state index contributed by atoms with van der Waals surface area (Å²) in [5, 5.41) is 1.92. The number of carbonyl (C=O) groups is 1. The number of hydrogen-bond acceptors (Lipinski definition) is 4. The van der Waals surface area contributed by atoms with Gasteiger partial charge in [-0.15, -0.1) is 11.3 Å². The molecule has 5 heteroatoms. The van der Waals surface area contributed by atoms with Crippen LogP contribution >= 0.6 is 11.3 Å². The molecule has 0 saturated carbocycles. The van der Waals surface area contributed by atoms with Gasteiger partial charge in [-0.3, -0.25) is 10.2 Å². The largest absolute Gasteiger partial charge is 0.367 e. The molecule has 1 amide bonds. The quantitative estimate of drug-likeness (QED) is 0.505. The first-order valence-corrected chi connectivity index (χ1v) is 7.42. The molecule has 0 aliphatic carbocycles. The van der Waals surface area contributed by atoms with Crippen molar-refractivity contribution in [2.24, 2.45) is 5.84 Å². The van der Waals surface area contributed by atoms with Crippen molar-refractivity contribution in [3.05, 3.63) is 51.7 Å². The number of nitrogens with zero attached hydrogens (tertiary/aromatic N) is 1. The molecule has 1 heterocycles. The number of carbonyl (C=O) groups excluding carboxylic acids is 1. The lowest BCUT2D eigenvalue weighted by Gasteiger charge is -2.23. The van der Waals surface area contributed by atoms with Crippen molar-refractivity contribution in [2.75, 3.05) is 11.4 Å². The normalized spacial score (nSPS) is 10.3. The Morgan fingerprint density at radius 3 is 2.85 bits per heavy atom. The van der Waals surface area contributed by atoms with Gasteiger partial charge in [-0.2, -0.15) is 0 Å². The number of nitrogens with one attached hydrogen (secondary N) is 1. The highest BCUT2D eigenvalue weighted by Gasteiger charge is 2.14. The highest BCUT2D eigenvalue weighted by atomic mass is 32.1. The zero-order valence-electron chi connectivity index (χ0n) is 11.7. The number of hydrazine groups is 1. The van der Waals surface area contributed by atoms with Crippen LogP contribution in [0.3, 0.4) is 0 Å². The van der Waals surface area contributed by atoms with E-state index >= 15 is 0 Å². The standard InChI is InChI=1S/C15H19N3OS/c1-3-18(13-6-4-5-11(2)9-13)10-12-7-8-20-14(12)15(19)17-16/h4-9H,3,10,16H2,1-2H3,(H,17,19). The fraction of sp³-hybridized carbons (Fsp3) is 0.267. The van der Waals surface area contributed by atoms with Crippen LogP contribution in [0.2, 0.25) is 0 Å². The molecule has 0 unspecified atom stereocenters. The smallest absolute Gasteiger partial charge is 0.275 e. The van der Waals surface area contributed by atoms with Crippen LogP contribution in [-0.2, 0) is 6.54 Å². The molecule has 0 aliphatic rings. The van der Waals surface area contributed by atoms with E-state index in [2.05, 4.69) is 48.4 Å². The molecule has 106 valence electrons. The molecule has 0 aliphatic heterocycles. The van der Waals surface area contributed by atoms with Gasteiger partial charge in [-0.1, -0.05) is 12.1 Å². The van der Waals surface area contributed by atoms with Crippen LogP contribution in [0, 0.1) is 6.92 Å². The number of amides is 1. The van der Waals surface area contributed by atoms with Gasteiger partial charge in [0.05, 0.1) is 4.88 Å². The molecule has 0 bridgehead atoms. The Morgan fingerprint density at radius 1 is 1.40 bits per heavy atom. The summed E-state index contributed by atoms with van der Waals surface area (Å²) in [5.74, 6) is 4.99. The van der Waals surface area contributed by atoms with Crippen molar-refractivity contribution in [2.45, 2.75) is 20.4 Å². The molecule has 3 N–H and O–H groups in total. The van der Waals surface area contributed by atoms with E-state index in [-0.39, 0.29) is 5.91 Å². The van der Waals surface area contributed by atoms with Crippen LogP contribution in [0.25, 0.3) is 0 Å². The topological polar surface area (TPSA) is 58.4 Å². The Hall–Kier alpha value is -1.85. The molecule has 1 aromatic heterocycles. The van der Waals surface area contributed by atoms with Gasteiger partial charge >= 0.3 is 0 Å². The minimum Gasteiger partial charge on any atom is -0.367 e. The van der Waals surface area contributed by atoms with Crippen LogP contribution < -0.4 is 16.2 Å². The van der Waals surface area contributed by atoms with Gasteiger partial charge in [0.25, 0.3) is 5.91 Å². The van der Waals surface area contributed by atoms with Crippen molar-refractivity contribution >= 4 is 22.9 Å². The fourth-order valence-corrected chi connectivity index (χ4v) is 2.96. The summed E-state index contributed by atoms with van der Waals surface area (Å²) >= 11 is 1.41. The zero-order valence-corrected chi connectivity index (χ0v) is 12.5. The van der Waals surface area contributed by atoms with E-state index in [0.29, 0.717) is 11.4 Å². The minimum absolute atomic E-state index is 0.227. The number of benzene rings is 1. The predicted molar refractivity (Wildman–Crippen MR) is 83.9 cm³/mol. The number of rotatable bonds is 5. The number of hydrogen-bond donors (Lipinski definition) is 2. The average Bonchev–Trinajstić information content (AvgIpc) is 2.92. The number of nitrogens with two attached hydrogens (primary N) is 1. The molecule has 20 heavy (non-hydrogen) atoms. The summed E-state index contributed by atoms with van der Waals surface area (Å²) in [4.78, 5) is 14.6. The Bertz CT molecular complexity index is 594. The third-order valence-electron chi connectivity index (χ3n) is 3.19. The predicted octanol–water partition coefficient (Wildman–Crippen LogP) is 2.69. The van der Waals surface area contributed by atoms with E-state index in [0.717, 1.165) is 17.8 Å². The lowest BCUT2D eigenvalue weighted by molar-refractivity contribution is 0.0957. The summed E-state index contributed by atoms with van der Waals surface area (Å²) < 4.78 is 0. The molecular formula is C15H19N3OS. The van der Waals surface area contributed by atoms with E-state index in [4.69, 9.17) is 5.84 Å². The van der Waals surface area contributed by atoms with E-state index in [1.165, 1.54) is 16.9 Å². The Labute approximate surface area is 123 Å².